The van der Waals surface area contributed by atoms with Gasteiger partial charge in [0.2, 0.25) is 0 Å². The van der Waals surface area contributed by atoms with Crippen LogP contribution in [0.25, 0.3) is 16.6 Å². The highest BCUT2D eigenvalue weighted by molar-refractivity contribution is 7.99. The van der Waals surface area contributed by atoms with Crippen molar-refractivity contribution in [3.05, 3.63) is 63.9 Å². The van der Waals surface area contributed by atoms with Gasteiger partial charge in [0.25, 0.3) is 5.56 Å². The van der Waals surface area contributed by atoms with Gasteiger partial charge in [-0.25, -0.2) is 4.98 Å². The third-order valence-electron chi connectivity index (χ3n) is 5.51. The highest BCUT2D eigenvalue weighted by Gasteiger charge is 2.18. The van der Waals surface area contributed by atoms with Crippen LogP contribution in [-0.2, 0) is 0 Å². The number of aryl methyl sites for hydroxylation is 2. The van der Waals surface area contributed by atoms with Crippen molar-refractivity contribution >= 4 is 22.7 Å². The first-order valence-corrected chi connectivity index (χ1v) is 10.8. The highest BCUT2D eigenvalue weighted by atomic mass is 32.2. The van der Waals surface area contributed by atoms with Gasteiger partial charge in [0.15, 0.2) is 5.16 Å². The second kappa shape index (κ2) is 7.89. The molecule has 0 spiro atoms. The van der Waals surface area contributed by atoms with Gasteiger partial charge in [0.1, 0.15) is 0 Å². The first-order valence-electron chi connectivity index (χ1n) is 9.86. The molecule has 27 heavy (non-hydrogen) atoms. The zero-order valence-electron chi connectivity index (χ0n) is 16.1. The van der Waals surface area contributed by atoms with Crippen LogP contribution >= 0.6 is 11.8 Å². The minimum absolute atomic E-state index is 0.0266. The number of aromatic nitrogens is 2. The van der Waals surface area contributed by atoms with Crippen molar-refractivity contribution in [1.82, 2.24) is 9.55 Å². The first kappa shape index (κ1) is 18.3. The van der Waals surface area contributed by atoms with Gasteiger partial charge in [-0.1, -0.05) is 60.9 Å². The molecule has 2 aromatic carbocycles. The summed E-state index contributed by atoms with van der Waals surface area (Å²) in [7, 11) is 0. The number of hydrogen-bond donors (Lipinski definition) is 0. The maximum Gasteiger partial charge on any atom is 0.266 e. The third kappa shape index (κ3) is 3.81. The maximum absolute atomic E-state index is 13.3. The number of benzene rings is 2. The average molecular weight is 379 g/mol. The Morgan fingerprint density at radius 2 is 1.85 bits per heavy atom. The van der Waals surface area contributed by atoms with E-state index >= 15 is 0 Å². The Balaban J connectivity index is 1.81. The lowest BCUT2D eigenvalue weighted by Gasteiger charge is -2.22. The molecule has 4 rings (SSSR count). The summed E-state index contributed by atoms with van der Waals surface area (Å²) >= 11 is 1.74. The van der Waals surface area contributed by atoms with Crippen molar-refractivity contribution in [2.75, 3.05) is 5.75 Å². The zero-order valence-corrected chi connectivity index (χ0v) is 16.9. The normalized spacial score (nSPS) is 15.3. The first-order chi connectivity index (χ1) is 13.1. The van der Waals surface area contributed by atoms with Crippen LogP contribution in [0, 0.1) is 19.8 Å². The molecule has 0 aliphatic heterocycles. The lowest BCUT2D eigenvalue weighted by atomic mass is 9.91. The van der Waals surface area contributed by atoms with Gasteiger partial charge in [-0.05, 0) is 56.4 Å². The Kier molecular flexibility index (Phi) is 5.35. The van der Waals surface area contributed by atoms with Gasteiger partial charge in [-0.15, -0.1) is 0 Å². The minimum atomic E-state index is 0.0266. The molecule has 0 saturated heterocycles. The van der Waals surface area contributed by atoms with Crippen LogP contribution in [0.4, 0.5) is 0 Å². The van der Waals surface area contributed by atoms with Gasteiger partial charge in [-0.2, -0.15) is 0 Å². The van der Waals surface area contributed by atoms with Crippen LogP contribution < -0.4 is 5.56 Å². The largest absolute Gasteiger partial charge is 0.268 e. The topological polar surface area (TPSA) is 34.9 Å². The SMILES string of the molecule is Cc1ccc(-n2c(SCC3CCCCC3)nc3ccccc3c2=O)c(C)c1. The van der Waals surface area contributed by atoms with E-state index in [1.807, 2.05) is 34.9 Å². The summed E-state index contributed by atoms with van der Waals surface area (Å²) in [6.45, 7) is 4.15. The van der Waals surface area contributed by atoms with E-state index in [1.165, 1.54) is 37.7 Å². The van der Waals surface area contributed by atoms with Crippen molar-refractivity contribution in [3.63, 3.8) is 0 Å². The smallest absolute Gasteiger partial charge is 0.266 e. The molecule has 0 unspecified atom stereocenters. The van der Waals surface area contributed by atoms with Gasteiger partial charge < -0.3 is 0 Å². The number of fused-ring (bicyclic) bond motifs is 1. The molecule has 1 fully saturated rings. The molecule has 1 aliphatic carbocycles. The molecule has 0 N–H and O–H groups in total. The molecule has 1 aromatic heterocycles. The molecule has 3 aromatic rings. The van der Waals surface area contributed by atoms with Gasteiger partial charge in [0, 0.05) is 5.75 Å². The van der Waals surface area contributed by atoms with Crippen LogP contribution in [0.15, 0.2) is 52.4 Å². The Bertz CT molecular complexity index is 1020. The monoisotopic (exact) mass is 378 g/mol. The van der Waals surface area contributed by atoms with Crippen LogP contribution in [-0.4, -0.2) is 15.3 Å². The fourth-order valence-corrected chi connectivity index (χ4v) is 5.22. The molecular weight excluding hydrogens is 352 g/mol. The molecule has 3 nitrogen and oxygen atoms in total. The van der Waals surface area contributed by atoms with Crippen LogP contribution in [0.5, 0.6) is 0 Å². The molecule has 1 saturated carbocycles. The maximum atomic E-state index is 13.3. The Labute approximate surface area is 164 Å². The lowest BCUT2D eigenvalue weighted by molar-refractivity contribution is 0.390. The molecule has 1 aliphatic rings. The Morgan fingerprint density at radius 3 is 2.63 bits per heavy atom. The summed E-state index contributed by atoms with van der Waals surface area (Å²) < 4.78 is 1.82. The number of rotatable bonds is 4. The third-order valence-corrected chi connectivity index (χ3v) is 6.68. The number of para-hydroxylation sites is 1. The fraction of sp³-hybridized carbons (Fsp3) is 0.391. The van der Waals surface area contributed by atoms with Gasteiger partial charge in [0.05, 0.1) is 16.6 Å². The van der Waals surface area contributed by atoms with Crippen molar-refractivity contribution in [1.29, 1.82) is 0 Å². The molecular formula is C23H26N2OS. The number of thioether (sulfide) groups is 1. The van der Waals surface area contributed by atoms with E-state index in [1.54, 1.807) is 11.8 Å². The Hall–Kier alpha value is -2.07. The highest BCUT2D eigenvalue weighted by Crippen LogP contribution is 2.30. The zero-order chi connectivity index (χ0) is 18.8. The summed E-state index contributed by atoms with van der Waals surface area (Å²) in [6.07, 6.45) is 6.63. The van der Waals surface area contributed by atoms with Crippen LogP contribution in [0.1, 0.15) is 43.2 Å². The second-order valence-electron chi connectivity index (χ2n) is 7.66. The van der Waals surface area contributed by atoms with E-state index < -0.39 is 0 Å². The molecule has 1 heterocycles. The predicted molar refractivity (Wildman–Crippen MR) is 114 cm³/mol. The van der Waals surface area contributed by atoms with Gasteiger partial charge >= 0.3 is 0 Å². The Morgan fingerprint density at radius 1 is 1.07 bits per heavy atom. The standard InChI is InChI=1S/C23H26N2OS/c1-16-12-13-21(17(2)14-16)25-22(26)19-10-6-7-11-20(19)24-23(25)27-15-18-8-4-3-5-9-18/h6-7,10-14,18H,3-5,8-9,15H2,1-2H3. The quantitative estimate of drug-likeness (QED) is 0.433. The minimum Gasteiger partial charge on any atom is -0.268 e. The fourth-order valence-electron chi connectivity index (χ4n) is 4.02. The number of hydrogen-bond acceptors (Lipinski definition) is 3. The van der Waals surface area contributed by atoms with Crippen molar-refractivity contribution < 1.29 is 0 Å². The predicted octanol–water partition coefficient (Wildman–Crippen LogP) is 5.67. The van der Waals surface area contributed by atoms with Crippen LogP contribution in [0.3, 0.4) is 0 Å². The van der Waals surface area contributed by atoms with E-state index in [0.717, 1.165) is 33.6 Å². The summed E-state index contributed by atoms with van der Waals surface area (Å²) in [5, 5.41) is 1.50. The van der Waals surface area contributed by atoms with E-state index in [9.17, 15) is 4.79 Å². The van der Waals surface area contributed by atoms with Gasteiger partial charge in [-0.3, -0.25) is 9.36 Å². The summed E-state index contributed by atoms with van der Waals surface area (Å²) in [4.78, 5) is 18.2. The molecule has 140 valence electrons. The van der Waals surface area contributed by atoms with E-state index in [2.05, 4.69) is 26.0 Å². The summed E-state index contributed by atoms with van der Waals surface area (Å²) in [5.74, 6) is 1.77. The molecule has 4 heteroatoms. The lowest BCUT2D eigenvalue weighted by Crippen LogP contribution is -2.23. The van der Waals surface area contributed by atoms with E-state index in [0.29, 0.717) is 5.39 Å². The van der Waals surface area contributed by atoms with E-state index in [-0.39, 0.29) is 5.56 Å². The average Bonchev–Trinajstić information content (AvgIpc) is 2.68. The van der Waals surface area contributed by atoms with Crippen LogP contribution in [0.2, 0.25) is 0 Å². The van der Waals surface area contributed by atoms with Crippen molar-refractivity contribution in [2.24, 2.45) is 5.92 Å². The molecule has 0 bridgehead atoms. The molecule has 0 radical (unpaired) electrons. The summed E-state index contributed by atoms with van der Waals surface area (Å²) in [5.41, 5.74) is 4.06. The van der Waals surface area contributed by atoms with Crippen molar-refractivity contribution in [2.45, 2.75) is 51.1 Å². The number of nitrogens with zero attached hydrogens (tertiary/aromatic N) is 2. The molecule has 0 amide bonds. The summed E-state index contributed by atoms with van der Waals surface area (Å²) in [6, 6.07) is 13.9. The molecule has 0 atom stereocenters. The van der Waals surface area contributed by atoms with Crippen molar-refractivity contribution in [3.8, 4) is 5.69 Å². The van der Waals surface area contributed by atoms with E-state index in [4.69, 9.17) is 4.98 Å². The second-order valence-corrected chi connectivity index (χ2v) is 8.64.